The van der Waals surface area contributed by atoms with Crippen molar-refractivity contribution in [3.8, 4) is 0 Å². The molecule has 2 aliphatic heterocycles. The first-order valence-electron chi connectivity index (χ1n) is 6.17. The molecule has 3 unspecified atom stereocenters. The highest BCUT2D eigenvalue weighted by Crippen LogP contribution is 2.25. The highest BCUT2D eigenvalue weighted by atomic mass is 32.2. The molecule has 16 heavy (non-hydrogen) atoms. The van der Waals surface area contributed by atoms with Crippen LogP contribution in [0.3, 0.4) is 0 Å². The lowest BCUT2D eigenvalue weighted by atomic mass is 9.88. The van der Waals surface area contributed by atoms with E-state index in [9.17, 15) is 8.42 Å². The van der Waals surface area contributed by atoms with Crippen molar-refractivity contribution < 1.29 is 8.42 Å². The quantitative estimate of drug-likeness (QED) is 0.772. The number of piperidine rings is 1. The molecule has 4 nitrogen and oxygen atoms in total. The average molecular weight is 246 g/mol. The van der Waals surface area contributed by atoms with Gasteiger partial charge in [-0.3, -0.25) is 0 Å². The zero-order chi connectivity index (χ0) is 11.8. The van der Waals surface area contributed by atoms with Crippen molar-refractivity contribution in [2.24, 2.45) is 17.8 Å². The van der Waals surface area contributed by atoms with E-state index in [-0.39, 0.29) is 0 Å². The van der Waals surface area contributed by atoms with Crippen molar-refractivity contribution in [1.82, 2.24) is 9.62 Å². The van der Waals surface area contributed by atoms with Gasteiger partial charge in [-0.15, -0.1) is 0 Å². The smallest absolute Gasteiger partial charge is 0.214 e. The Hall–Kier alpha value is -0.130. The molecule has 0 aromatic carbocycles. The molecule has 0 spiro atoms. The van der Waals surface area contributed by atoms with E-state index in [1.54, 1.807) is 4.31 Å². The fraction of sp³-hybridized carbons (Fsp3) is 1.00. The number of nitrogens with one attached hydrogen (secondary N) is 1. The van der Waals surface area contributed by atoms with E-state index in [4.69, 9.17) is 0 Å². The summed E-state index contributed by atoms with van der Waals surface area (Å²) in [6.07, 6.45) is 1.10. The van der Waals surface area contributed by atoms with E-state index in [0.29, 0.717) is 23.5 Å². The molecule has 2 heterocycles. The Bertz CT molecular complexity index is 342. The van der Waals surface area contributed by atoms with Crippen molar-refractivity contribution in [3.05, 3.63) is 0 Å². The van der Waals surface area contributed by atoms with Crippen molar-refractivity contribution in [3.63, 3.8) is 0 Å². The standard InChI is InChI=1S/C11H22N2O2S/c1-9-6-13(16(14,15)8-9)7-11-3-4-12-5-10(11)2/h9-12H,3-8H2,1-2H3. The van der Waals surface area contributed by atoms with Gasteiger partial charge in [-0.05, 0) is 37.3 Å². The minimum atomic E-state index is -2.95. The van der Waals surface area contributed by atoms with Crippen LogP contribution in [0.4, 0.5) is 0 Å². The molecule has 94 valence electrons. The molecule has 2 aliphatic rings. The molecular weight excluding hydrogens is 224 g/mol. The predicted octanol–water partition coefficient (Wildman–Crippen LogP) is 0.513. The number of nitrogens with zero attached hydrogens (tertiary/aromatic N) is 1. The van der Waals surface area contributed by atoms with E-state index < -0.39 is 10.0 Å². The summed E-state index contributed by atoms with van der Waals surface area (Å²) in [6, 6.07) is 0. The van der Waals surface area contributed by atoms with Gasteiger partial charge in [0.2, 0.25) is 10.0 Å². The Labute approximate surface area is 98.4 Å². The topological polar surface area (TPSA) is 49.4 Å². The summed E-state index contributed by atoms with van der Waals surface area (Å²) in [5.74, 6) is 1.75. The molecule has 2 saturated heterocycles. The Morgan fingerprint density at radius 2 is 2.12 bits per heavy atom. The second-order valence-corrected chi connectivity index (χ2v) is 7.44. The van der Waals surface area contributed by atoms with Crippen LogP contribution in [-0.4, -0.2) is 44.7 Å². The lowest BCUT2D eigenvalue weighted by molar-refractivity contribution is 0.224. The fourth-order valence-electron chi connectivity index (χ4n) is 2.77. The molecule has 0 aromatic heterocycles. The van der Waals surface area contributed by atoms with Crippen LogP contribution in [0.5, 0.6) is 0 Å². The second kappa shape index (κ2) is 4.63. The van der Waals surface area contributed by atoms with Crippen LogP contribution in [0.25, 0.3) is 0 Å². The maximum atomic E-state index is 11.9. The Morgan fingerprint density at radius 1 is 1.38 bits per heavy atom. The SMILES string of the molecule is CC1CN(CC2CCNCC2C)S(=O)(=O)C1. The summed E-state index contributed by atoms with van der Waals surface area (Å²) in [7, 11) is -2.95. The normalized spacial score (nSPS) is 40.0. The summed E-state index contributed by atoms with van der Waals surface area (Å²) < 4.78 is 25.4. The van der Waals surface area contributed by atoms with E-state index in [0.717, 1.165) is 32.6 Å². The monoisotopic (exact) mass is 246 g/mol. The van der Waals surface area contributed by atoms with Gasteiger partial charge in [0.1, 0.15) is 0 Å². The van der Waals surface area contributed by atoms with Crippen molar-refractivity contribution in [2.75, 3.05) is 31.9 Å². The molecule has 2 rings (SSSR count). The maximum absolute atomic E-state index is 11.9. The molecule has 2 fully saturated rings. The Morgan fingerprint density at radius 3 is 2.69 bits per heavy atom. The van der Waals surface area contributed by atoms with E-state index in [2.05, 4.69) is 12.2 Å². The summed E-state index contributed by atoms with van der Waals surface area (Å²) in [4.78, 5) is 0. The molecule has 1 N–H and O–H groups in total. The third kappa shape index (κ3) is 2.57. The Kier molecular flexibility index (Phi) is 3.56. The molecule has 0 aliphatic carbocycles. The second-order valence-electron chi connectivity index (χ2n) is 5.43. The van der Waals surface area contributed by atoms with Crippen molar-refractivity contribution in [1.29, 1.82) is 0 Å². The highest BCUT2D eigenvalue weighted by molar-refractivity contribution is 7.89. The van der Waals surface area contributed by atoms with Gasteiger partial charge in [-0.2, -0.15) is 0 Å². The predicted molar refractivity (Wildman–Crippen MR) is 64.7 cm³/mol. The Balaban J connectivity index is 1.99. The number of sulfonamides is 1. The number of hydrogen-bond acceptors (Lipinski definition) is 3. The van der Waals surface area contributed by atoms with Gasteiger partial charge in [-0.25, -0.2) is 12.7 Å². The van der Waals surface area contributed by atoms with Gasteiger partial charge >= 0.3 is 0 Å². The molecular formula is C11H22N2O2S. The lowest BCUT2D eigenvalue weighted by Gasteiger charge is -2.32. The van der Waals surface area contributed by atoms with Crippen molar-refractivity contribution in [2.45, 2.75) is 20.3 Å². The van der Waals surface area contributed by atoms with Crippen LogP contribution < -0.4 is 5.32 Å². The van der Waals surface area contributed by atoms with Gasteiger partial charge in [0.05, 0.1) is 5.75 Å². The molecule has 0 radical (unpaired) electrons. The van der Waals surface area contributed by atoms with Gasteiger partial charge in [0, 0.05) is 13.1 Å². The third-order valence-corrected chi connectivity index (χ3v) is 5.88. The summed E-state index contributed by atoms with van der Waals surface area (Å²) in [5, 5.41) is 3.35. The van der Waals surface area contributed by atoms with E-state index in [1.807, 2.05) is 6.92 Å². The number of rotatable bonds is 2. The zero-order valence-electron chi connectivity index (χ0n) is 10.1. The molecule has 3 atom stereocenters. The zero-order valence-corrected chi connectivity index (χ0v) is 11.0. The molecule has 0 bridgehead atoms. The van der Waals surface area contributed by atoms with E-state index in [1.165, 1.54) is 0 Å². The number of hydrogen-bond donors (Lipinski definition) is 1. The van der Waals surface area contributed by atoms with Crippen LogP contribution in [0.1, 0.15) is 20.3 Å². The first-order valence-corrected chi connectivity index (χ1v) is 7.78. The largest absolute Gasteiger partial charge is 0.316 e. The summed E-state index contributed by atoms with van der Waals surface area (Å²) >= 11 is 0. The summed E-state index contributed by atoms with van der Waals surface area (Å²) in [5.41, 5.74) is 0. The first kappa shape index (κ1) is 12.3. The van der Waals surface area contributed by atoms with Gasteiger partial charge in [0.25, 0.3) is 0 Å². The van der Waals surface area contributed by atoms with Gasteiger partial charge in [0.15, 0.2) is 0 Å². The minimum Gasteiger partial charge on any atom is -0.316 e. The van der Waals surface area contributed by atoms with Gasteiger partial charge < -0.3 is 5.32 Å². The first-order chi connectivity index (χ1) is 7.49. The molecule has 5 heteroatoms. The summed E-state index contributed by atoms with van der Waals surface area (Å²) in [6.45, 7) is 7.73. The molecule has 0 saturated carbocycles. The maximum Gasteiger partial charge on any atom is 0.214 e. The van der Waals surface area contributed by atoms with Crippen molar-refractivity contribution >= 4 is 10.0 Å². The highest BCUT2D eigenvalue weighted by Gasteiger charge is 2.36. The molecule has 0 aromatic rings. The average Bonchev–Trinajstić information content (AvgIpc) is 2.43. The van der Waals surface area contributed by atoms with Crippen LogP contribution in [0, 0.1) is 17.8 Å². The van der Waals surface area contributed by atoms with E-state index >= 15 is 0 Å². The lowest BCUT2D eigenvalue weighted by Crippen LogP contribution is -2.41. The van der Waals surface area contributed by atoms with Crippen LogP contribution in [0.2, 0.25) is 0 Å². The molecule has 0 amide bonds. The van der Waals surface area contributed by atoms with Crippen LogP contribution >= 0.6 is 0 Å². The van der Waals surface area contributed by atoms with Crippen LogP contribution in [0.15, 0.2) is 0 Å². The minimum absolute atomic E-state index is 0.294. The van der Waals surface area contributed by atoms with Gasteiger partial charge in [-0.1, -0.05) is 13.8 Å². The third-order valence-electron chi connectivity index (χ3n) is 3.80. The fourth-order valence-corrected chi connectivity index (χ4v) is 4.70. The van der Waals surface area contributed by atoms with Crippen LogP contribution in [-0.2, 0) is 10.0 Å².